The van der Waals surface area contributed by atoms with Crippen LogP contribution in [0.4, 0.5) is 13.2 Å². The molecule has 1 aromatic carbocycles. The fourth-order valence-electron chi connectivity index (χ4n) is 4.39. The normalized spacial score (nSPS) is 22.8. The number of amides is 1. The number of likely N-dealkylation sites (tertiary alicyclic amines) is 2. The van der Waals surface area contributed by atoms with E-state index >= 15 is 0 Å². The summed E-state index contributed by atoms with van der Waals surface area (Å²) in [5, 5.41) is 0. The molecule has 0 aromatic heterocycles. The van der Waals surface area contributed by atoms with E-state index in [2.05, 4.69) is 11.9 Å². The molecule has 2 aliphatic rings. The molecule has 0 unspecified atom stereocenters. The average molecular weight is 382 g/mol. The lowest BCUT2D eigenvalue weighted by molar-refractivity contribution is -0.139. The van der Waals surface area contributed by atoms with Crippen molar-refractivity contribution >= 4 is 5.91 Å². The van der Waals surface area contributed by atoms with Gasteiger partial charge < -0.3 is 9.80 Å². The number of halogens is 3. The molecule has 1 aromatic rings. The Morgan fingerprint density at radius 3 is 2.52 bits per heavy atom. The number of aryl methyl sites for hydroxylation is 1. The van der Waals surface area contributed by atoms with Gasteiger partial charge in [-0.15, -0.1) is 0 Å². The minimum absolute atomic E-state index is 0.117. The maximum atomic E-state index is 13.2. The number of benzene rings is 1. The molecule has 2 heterocycles. The third-order valence-corrected chi connectivity index (χ3v) is 6.04. The van der Waals surface area contributed by atoms with Crippen molar-refractivity contribution in [2.45, 2.75) is 44.7 Å². The monoisotopic (exact) mass is 382 g/mol. The molecule has 2 saturated heterocycles. The van der Waals surface area contributed by atoms with E-state index in [9.17, 15) is 18.0 Å². The highest BCUT2D eigenvalue weighted by atomic mass is 19.4. The van der Waals surface area contributed by atoms with Gasteiger partial charge >= 0.3 is 6.18 Å². The number of alkyl halides is 3. The Hall–Kier alpha value is -1.56. The molecule has 2 aliphatic heterocycles. The van der Waals surface area contributed by atoms with Crippen LogP contribution < -0.4 is 0 Å². The first-order chi connectivity index (χ1) is 12.8. The zero-order chi connectivity index (χ0) is 19.4. The Morgan fingerprint density at radius 2 is 1.81 bits per heavy atom. The number of carbonyl (C=O) groups is 1. The summed E-state index contributed by atoms with van der Waals surface area (Å²) in [5.74, 6) is 0.657. The molecule has 0 radical (unpaired) electrons. The number of rotatable bonds is 4. The molecule has 0 saturated carbocycles. The second kappa shape index (κ2) is 8.63. The van der Waals surface area contributed by atoms with Crippen molar-refractivity contribution in [2.24, 2.45) is 11.8 Å². The van der Waals surface area contributed by atoms with Crippen molar-refractivity contribution < 1.29 is 18.0 Å². The summed E-state index contributed by atoms with van der Waals surface area (Å²) >= 11 is 0. The highest BCUT2D eigenvalue weighted by Gasteiger charge is 2.34. The summed E-state index contributed by atoms with van der Waals surface area (Å²) < 4.78 is 39.5. The van der Waals surface area contributed by atoms with Crippen molar-refractivity contribution in [3.05, 3.63) is 35.4 Å². The minimum Gasteiger partial charge on any atom is -0.342 e. The SMILES string of the molecule is CN1CCC(C(=O)N2CCC[C@@H](CCc3ccccc3C(F)(F)F)C2)CC1. The molecule has 3 rings (SSSR count). The lowest BCUT2D eigenvalue weighted by atomic mass is 9.88. The Bertz CT molecular complexity index is 639. The van der Waals surface area contributed by atoms with Crippen molar-refractivity contribution in [1.29, 1.82) is 0 Å². The van der Waals surface area contributed by atoms with Crippen LogP contribution in [0.2, 0.25) is 0 Å². The quantitative estimate of drug-likeness (QED) is 0.779. The van der Waals surface area contributed by atoms with Crippen molar-refractivity contribution in [2.75, 3.05) is 33.2 Å². The predicted molar refractivity (Wildman–Crippen MR) is 99.3 cm³/mol. The van der Waals surface area contributed by atoms with Crippen LogP contribution >= 0.6 is 0 Å². The summed E-state index contributed by atoms with van der Waals surface area (Å²) in [5.41, 5.74) is -0.163. The molecule has 150 valence electrons. The van der Waals surface area contributed by atoms with Gasteiger partial charge in [-0.2, -0.15) is 13.2 Å². The molecule has 6 heteroatoms. The zero-order valence-corrected chi connectivity index (χ0v) is 16.0. The van der Waals surface area contributed by atoms with E-state index in [0.29, 0.717) is 24.9 Å². The van der Waals surface area contributed by atoms with E-state index in [1.807, 2.05) is 4.90 Å². The van der Waals surface area contributed by atoms with E-state index in [0.717, 1.165) is 51.4 Å². The van der Waals surface area contributed by atoms with E-state index in [-0.39, 0.29) is 17.7 Å². The summed E-state index contributed by atoms with van der Waals surface area (Å²) in [6.07, 6.45) is 0.570. The molecule has 1 atom stereocenters. The van der Waals surface area contributed by atoms with Crippen LogP contribution in [0.1, 0.15) is 43.2 Å². The van der Waals surface area contributed by atoms with E-state index in [1.54, 1.807) is 12.1 Å². The van der Waals surface area contributed by atoms with Crippen LogP contribution in [-0.4, -0.2) is 48.9 Å². The van der Waals surface area contributed by atoms with Crippen LogP contribution in [0.3, 0.4) is 0 Å². The topological polar surface area (TPSA) is 23.6 Å². The lowest BCUT2D eigenvalue weighted by Gasteiger charge is -2.37. The molecular formula is C21H29F3N2O. The summed E-state index contributed by atoms with van der Waals surface area (Å²) in [6, 6.07) is 5.84. The third-order valence-electron chi connectivity index (χ3n) is 6.04. The van der Waals surface area contributed by atoms with Crippen molar-refractivity contribution in [3.8, 4) is 0 Å². The number of piperidine rings is 2. The van der Waals surface area contributed by atoms with E-state index in [4.69, 9.17) is 0 Å². The van der Waals surface area contributed by atoms with Crippen LogP contribution in [0.15, 0.2) is 24.3 Å². The first kappa shape index (κ1) is 20.2. The molecule has 1 amide bonds. The second-order valence-corrected chi connectivity index (χ2v) is 8.06. The Balaban J connectivity index is 1.56. The van der Waals surface area contributed by atoms with Gasteiger partial charge in [0.05, 0.1) is 5.56 Å². The summed E-state index contributed by atoms with van der Waals surface area (Å²) in [6.45, 7) is 3.41. The molecule has 27 heavy (non-hydrogen) atoms. The van der Waals surface area contributed by atoms with Crippen LogP contribution in [0.5, 0.6) is 0 Å². The van der Waals surface area contributed by atoms with Crippen LogP contribution in [0, 0.1) is 11.8 Å². The molecule has 0 spiro atoms. The van der Waals surface area contributed by atoms with Gasteiger partial charge in [0.15, 0.2) is 0 Å². The van der Waals surface area contributed by atoms with Gasteiger partial charge in [0.2, 0.25) is 5.91 Å². The molecular weight excluding hydrogens is 353 g/mol. The third kappa shape index (κ3) is 5.24. The molecule has 3 nitrogen and oxygen atoms in total. The lowest BCUT2D eigenvalue weighted by Crippen LogP contribution is -2.45. The highest BCUT2D eigenvalue weighted by Crippen LogP contribution is 2.33. The van der Waals surface area contributed by atoms with E-state index in [1.165, 1.54) is 6.07 Å². The summed E-state index contributed by atoms with van der Waals surface area (Å²) in [4.78, 5) is 17.0. The second-order valence-electron chi connectivity index (χ2n) is 8.06. The molecule has 0 N–H and O–H groups in total. The average Bonchev–Trinajstić information content (AvgIpc) is 2.66. The zero-order valence-electron chi connectivity index (χ0n) is 16.0. The van der Waals surface area contributed by atoms with Gasteiger partial charge in [0, 0.05) is 19.0 Å². The number of carbonyl (C=O) groups excluding carboxylic acids is 1. The number of hydrogen-bond acceptors (Lipinski definition) is 2. The van der Waals surface area contributed by atoms with Crippen molar-refractivity contribution in [1.82, 2.24) is 9.80 Å². The van der Waals surface area contributed by atoms with Gasteiger partial charge in [-0.1, -0.05) is 18.2 Å². The maximum absolute atomic E-state index is 13.2. The minimum atomic E-state index is -4.31. The largest absolute Gasteiger partial charge is 0.416 e. The van der Waals surface area contributed by atoms with Gasteiger partial charge in [0.1, 0.15) is 0 Å². The smallest absolute Gasteiger partial charge is 0.342 e. The molecule has 0 bridgehead atoms. The standard InChI is InChI=1S/C21H29F3N2O/c1-25-13-10-18(11-14-25)20(27)26-12-4-5-16(15-26)8-9-17-6-2-3-7-19(17)21(22,23)24/h2-3,6-7,16,18H,4-5,8-15H2,1H3/t16-/m0/s1. The maximum Gasteiger partial charge on any atom is 0.416 e. The van der Waals surface area contributed by atoms with Gasteiger partial charge in [-0.05, 0) is 76.2 Å². The molecule has 0 aliphatic carbocycles. The fourth-order valence-corrected chi connectivity index (χ4v) is 4.39. The fraction of sp³-hybridized carbons (Fsp3) is 0.667. The van der Waals surface area contributed by atoms with Crippen LogP contribution in [0.25, 0.3) is 0 Å². The predicted octanol–water partition coefficient (Wildman–Crippen LogP) is 4.22. The van der Waals surface area contributed by atoms with Crippen molar-refractivity contribution in [3.63, 3.8) is 0 Å². The Morgan fingerprint density at radius 1 is 1.11 bits per heavy atom. The van der Waals surface area contributed by atoms with E-state index < -0.39 is 11.7 Å². The first-order valence-electron chi connectivity index (χ1n) is 9.97. The first-order valence-corrected chi connectivity index (χ1v) is 9.97. The van der Waals surface area contributed by atoms with Gasteiger partial charge in [0.25, 0.3) is 0 Å². The van der Waals surface area contributed by atoms with Gasteiger partial charge in [-0.25, -0.2) is 0 Å². The Kier molecular flexibility index (Phi) is 6.45. The Labute approximate surface area is 159 Å². The summed E-state index contributed by atoms with van der Waals surface area (Å²) in [7, 11) is 2.08. The van der Waals surface area contributed by atoms with Crippen LogP contribution in [-0.2, 0) is 17.4 Å². The van der Waals surface area contributed by atoms with Gasteiger partial charge in [-0.3, -0.25) is 4.79 Å². The highest BCUT2D eigenvalue weighted by molar-refractivity contribution is 5.79. The number of nitrogens with zero attached hydrogens (tertiary/aromatic N) is 2. The number of hydrogen-bond donors (Lipinski definition) is 0. The molecule has 2 fully saturated rings.